The van der Waals surface area contributed by atoms with E-state index in [4.69, 9.17) is 17.3 Å². The van der Waals surface area contributed by atoms with E-state index < -0.39 is 0 Å². The van der Waals surface area contributed by atoms with Gasteiger partial charge >= 0.3 is 0 Å². The van der Waals surface area contributed by atoms with Crippen LogP contribution in [0.1, 0.15) is 37.7 Å². The average Bonchev–Trinajstić information content (AvgIpc) is 2.62. The van der Waals surface area contributed by atoms with Crippen molar-refractivity contribution in [3.63, 3.8) is 0 Å². The van der Waals surface area contributed by atoms with Crippen LogP contribution in [-0.4, -0.2) is 43.7 Å². The fourth-order valence-electron chi connectivity index (χ4n) is 3.99. The molecule has 1 heterocycles. The van der Waals surface area contributed by atoms with Crippen molar-refractivity contribution < 1.29 is 0 Å². The van der Waals surface area contributed by atoms with Crippen LogP contribution in [0, 0.1) is 5.92 Å². The number of nitrogens with two attached hydrogens (primary N) is 1. The molecule has 1 aromatic carbocycles. The third-order valence-electron chi connectivity index (χ3n) is 5.69. The summed E-state index contributed by atoms with van der Waals surface area (Å²) in [4.78, 5) is 5.02. The SMILES string of the molecule is C=Cc1cccc(N2CCN(CCC3CCC(N)CC3)CC2)c1Cl. The molecule has 3 rings (SSSR count). The summed E-state index contributed by atoms with van der Waals surface area (Å²) in [7, 11) is 0. The molecule has 2 fully saturated rings. The molecule has 4 heteroatoms. The molecule has 0 radical (unpaired) electrons. The number of nitrogens with zero attached hydrogens (tertiary/aromatic N) is 2. The summed E-state index contributed by atoms with van der Waals surface area (Å²) in [6.07, 6.45) is 8.25. The first kappa shape index (κ1) is 17.8. The molecule has 1 aromatic rings. The number of halogens is 1. The highest BCUT2D eigenvalue weighted by molar-refractivity contribution is 6.34. The lowest BCUT2D eigenvalue weighted by atomic mass is 9.84. The molecule has 2 aliphatic rings. The lowest BCUT2D eigenvalue weighted by Gasteiger charge is -2.37. The second kappa shape index (κ2) is 8.37. The van der Waals surface area contributed by atoms with Crippen LogP contribution in [0.3, 0.4) is 0 Å². The lowest BCUT2D eigenvalue weighted by molar-refractivity contribution is 0.217. The molecular formula is C20H30ClN3. The highest BCUT2D eigenvalue weighted by Gasteiger charge is 2.22. The summed E-state index contributed by atoms with van der Waals surface area (Å²) in [5.41, 5.74) is 8.18. The van der Waals surface area contributed by atoms with E-state index in [1.165, 1.54) is 38.6 Å². The Morgan fingerprint density at radius 1 is 1.12 bits per heavy atom. The number of rotatable bonds is 5. The Bertz CT molecular complexity index is 544. The maximum atomic E-state index is 6.52. The minimum absolute atomic E-state index is 0.459. The molecule has 1 aliphatic heterocycles. The van der Waals surface area contributed by atoms with Crippen molar-refractivity contribution in [2.75, 3.05) is 37.6 Å². The predicted octanol–water partition coefficient (Wildman–Crippen LogP) is 4.01. The summed E-state index contributed by atoms with van der Waals surface area (Å²) in [6.45, 7) is 9.43. The van der Waals surface area contributed by atoms with Crippen LogP contribution in [0.4, 0.5) is 5.69 Å². The molecule has 1 saturated carbocycles. The first-order valence-electron chi connectivity index (χ1n) is 9.31. The van der Waals surface area contributed by atoms with Crippen molar-refractivity contribution in [1.82, 2.24) is 4.90 Å². The van der Waals surface area contributed by atoms with Gasteiger partial charge in [0.05, 0.1) is 10.7 Å². The van der Waals surface area contributed by atoms with E-state index in [1.54, 1.807) is 0 Å². The van der Waals surface area contributed by atoms with Gasteiger partial charge in [0.25, 0.3) is 0 Å². The Balaban J connectivity index is 1.47. The van der Waals surface area contributed by atoms with Crippen LogP contribution in [-0.2, 0) is 0 Å². The van der Waals surface area contributed by atoms with Gasteiger partial charge in [-0.25, -0.2) is 0 Å². The number of anilines is 1. The predicted molar refractivity (Wildman–Crippen MR) is 105 cm³/mol. The fourth-order valence-corrected chi connectivity index (χ4v) is 4.32. The van der Waals surface area contributed by atoms with Gasteiger partial charge in [0.15, 0.2) is 0 Å². The minimum Gasteiger partial charge on any atom is -0.368 e. The fraction of sp³-hybridized carbons (Fsp3) is 0.600. The van der Waals surface area contributed by atoms with E-state index in [-0.39, 0.29) is 0 Å². The minimum atomic E-state index is 0.459. The Morgan fingerprint density at radius 2 is 1.83 bits per heavy atom. The summed E-state index contributed by atoms with van der Waals surface area (Å²) in [6, 6.07) is 6.67. The summed E-state index contributed by atoms with van der Waals surface area (Å²) >= 11 is 6.52. The van der Waals surface area contributed by atoms with Crippen LogP contribution >= 0.6 is 11.6 Å². The zero-order valence-corrected chi connectivity index (χ0v) is 15.3. The van der Waals surface area contributed by atoms with Gasteiger partial charge in [0.2, 0.25) is 0 Å². The molecule has 24 heavy (non-hydrogen) atoms. The molecule has 2 N–H and O–H groups in total. The molecule has 0 atom stereocenters. The third kappa shape index (κ3) is 4.33. The molecule has 3 nitrogen and oxygen atoms in total. The average molecular weight is 348 g/mol. The Morgan fingerprint density at radius 3 is 2.50 bits per heavy atom. The lowest BCUT2D eigenvalue weighted by Crippen LogP contribution is -2.47. The Labute approximate surface area is 151 Å². The quantitative estimate of drug-likeness (QED) is 0.873. The van der Waals surface area contributed by atoms with Gasteiger partial charge in [-0.15, -0.1) is 0 Å². The van der Waals surface area contributed by atoms with Gasteiger partial charge in [-0.05, 0) is 56.2 Å². The maximum Gasteiger partial charge on any atom is 0.0711 e. The monoisotopic (exact) mass is 347 g/mol. The third-order valence-corrected chi connectivity index (χ3v) is 6.10. The van der Waals surface area contributed by atoms with Crippen molar-refractivity contribution in [2.45, 2.75) is 38.1 Å². The number of piperazine rings is 1. The van der Waals surface area contributed by atoms with Gasteiger partial charge in [0, 0.05) is 32.2 Å². The molecule has 0 amide bonds. The van der Waals surface area contributed by atoms with Crippen molar-refractivity contribution >= 4 is 23.4 Å². The number of benzene rings is 1. The maximum absolute atomic E-state index is 6.52. The Kier molecular flexibility index (Phi) is 6.20. The van der Waals surface area contributed by atoms with Crippen LogP contribution in [0.25, 0.3) is 6.08 Å². The van der Waals surface area contributed by atoms with Crippen molar-refractivity contribution in [1.29, 1.82) is 0 Å². The van der Waals surface area contributed by atoms with E-state index in [0.29, 0.717) is 6.04 Å². The standard InChI is InChI=1S/C20H30ClN3/c1-2-17-4-3-5-19(20(17)21)24-14-12-23(13-15-24)11-10-16-6-8-18(22)9-7-16/h2-5,16,18H,1,6-15,22H2. The second-order valence-corrected chi connectivity index (χ2v) is 7.66. The molecule has 1 saturated heterocycles. The highest BCUT2D eigenvalue weighted by Crippen LogP contribution is 2.31. The molecule has 0 aromatic heterocycles. The first-order chi connectivity index (χ1) is 11.7. The van der Waals surface area contributed by atoms with Crippen LogP contribution in [0.5, 0.6) is 0 Å². The first-order valence-corrected chi connectivity index (χ1v) is 9.69. The van der Waals surface area contributed by atoms with E-state index in [9.17, 15) is 0 Å². The molecular weight excluding hydrogens is 318 g/mol. The van der Waals surface area contributed by atoms with E-state index >= 15 is 0 Å². The normalized spacial score (nSPS) is 25.7. The van der Waals surface area contributed by atoms with Gasteiger partial charge in [-0.1, -0.05) is 36.4 Å². The van der Waals surface area contributed by atoms with E-state index in [1.807, 2.05) is 12.1 Å². The van der Waals surface area contributed by atoms with Gasteiger partial charge in [-0.2, -0.15) is 0 Å². The second-order valence-electron chi connectivity index (χ2n) is 7.28. The van der Waals surface area contributed by atoms with E-state index in [2.05, 4.69) is 28.5 Å². The van der Waals surface area contributed by atoms with Gasteiger partial charge in [0.1, 0.15) is 0 Å². The van der Waals surface area contributed by atoms with Crippen LogP contribution in [0.15, 0.2) is 24.8 Å². The number of hydrogen-bond acceptors (Lipinski definition) is 3. The van der Waals surface area contributed by atoms with Crippen LogP contribution in [0.2, 0.25) is 5.02 Å². The molecule has 1 aliphatic carbocycles. The van der Waals surface area contributed by atoms with Crippen molar-refractivity contribution in [3.05, 3.63) is 35.4 Å². The molecule has 132 valence electrons. The topological polar surface area (TPSA) is 32.5 Å². The number of hydrogen-bond donors (Lipinski definition) is 1. The molecule has 0 bridgehead atoms. The van der Waals surface area contributed by atoms with Gasteiger partial charge in [-0.3, -0.25) is 4.90 Å². The zero-order chi connectivity index (χ0) is 16.9. The smallest absolute Gasteiger partial charge is 0.0711 e. The van der Waals surface area contributed by atoms with Crippen molar-refractivity contribution in [2.24, 2.45) is 11.7 Å². The van der Waals surface area contributed by atoms with Crippen molar-refractivity contribution in [3.8, 4) is 0 Å². The molecule has 0 unspecified atom stereocenters. The summed E-state index contributed by atoms with van der Waals surface area (Å²) in [5.74, 6) is 0.890. The highest BCUT2D eigenvalue weighted by atomic mass is 35.5. The summed E-state index contributed by atoms with van der Waals surface area (Å²) < 4.78 is 0. The van der Waals surface area contributed by atoms with E-state index in [0.717, 1.165) is 48.4 Å². The Hall–Kier alpha value is -1.03. The van der Waals surface area contributed by atoms with Crippen LogP contribution < -0.4 is 10.6 Å². The van der Waals surface area contributed by atoms with Gasteiger partial charge < -0.3 is 10.6 Å². The molecule has 0 spiro atoms. The summed E-state index contributed by atoms with van der Waals surface area (Å²) in [5, 5.41) is 0.833. The largest absolute Gasteiger partial charge is 0.368 e. The zero-order valence-electron chi connectivity index (χ0n) is 14.6.